The van der Waals surface area contributed by atoms with Crippen molar-refractivity contribution in [2.75, 3.05) is 31.7 Å². The summed E-state index contributed by atoms with van der Waals surface area (Å²) in [7, 11) is 1.61. The molecular weight excluding hydrogens is 451 g/mol. The van der Waals surface area contributed by atoms with E-state index in [1.54, 1.807) is 23.8 Å². The van der Waals surface area contributed by atoms with Gasteiger partial charge in [0.05, 0.1) is 11.3 Å². The van der Waals surface area contributed by atoms with Crippen molar-refractivity contribution in [3.05, 3.63) is 46.0 Å². The third-order valence-electron chi connectivity index (χ3n) is 5.88. The summed E-state index contributed by atoms with van der Waals surface area (Å²) in [5, 5.41) is 9.00. The van der Waals surface area contributed by atoms with Crippen LogP contribution in [0.5, 0.6) is 0 Å². The van der Waals surface area contributed by atoms with Gasteiger partial charge in [0.25, 0.3) is 5.56 Å². The van der Waals surface area contributed by atoms with Gasteiger partial charge in [-0.15, -0.1) is 0 Å². The highest BCUT2D eigenvalue weighted by molar-refractivity contribution is 5.70. The molecule has 1 aliphatic rings. The zero-order valence-electron chi connectivity index (χ0n) is 20.8. The summed E-state index contributed by atoms with van der Waals surface area (Å²) in [5.41, 5.74) is -0.0163. The zero-order valence-corrected chi connectivity index (χ0v) is 20.8. The number of hydrogen-bond acceptors (Lipinski definition) is 7. The van der Waals surface area contributed by atoms with E-state index < -0.39 is 11.4 Å². The fraction of sp³-hybridized carbons (Fsp3) is 0.538. The maximum atomic E-state index is 14.2. The Kier molecular flexibility index (Phi) is 8.62. The first-order valence-corrected chi connectivity index (χ1v) is 11.9. The van der Waals surface area contributed by atoms with Crippen molar-refractivity contribution >= 4 is 11.9 Å². The van der Waals surface area contributed by atoms with Crippen LogP contribution in [0, 0.1) is 23.1 Å². The van der Waals surface area contributed by atoms with Crippen LogP contribution in [-0.2, 0) is 20.8 Å². The fourth-order valence-corrected chi connectivity index (χ4v) is 4.18. The number of piperidine rings is 1. The van der Waals surface area contributed by atoms with E-state index in [0.29, 0.717) is 56.3 Å². The van der Waals surface area contributed by atoms with Gasteiger partial charge < -0.3 is 14.4 Å². The van der Waals surface area contributed by atoms with E-state index in [1.807, 2.05) is 25.7 Å². The van der Waals surface area contributed by atoms with Crippen molar-refractivity contribution < 1.29 is 18.7 Å². The van der Waals surface area contributed by atoms with Gasteiger partial charge in [0, 0.05) is 51.4 Å². The number of nitrogens with zero attached hydrogens (tertiary/aromatic N) is 4. The van der Waals surface area contributed by atoms with Crippen LogP contribution in [0.4, 0.5) is 10.3 Å². The van der Waals surface area contributed by atoms with Gasteiger partial charge in [-0.3, -0.25) is 14.2 Å². The number of anilines is 1. The third-order valence-corrected chi connectivity index (χ3v) is 5.88. The second-order valence-corrected chi connectivity index (χ2v) is 9.81. The molecule has 2 aromatic rings. The van der Waals surface area contributed by atoms with Gasteiger partial charge in [0.1, 0.15) is 17.5 Å². The number of carbonyl (C=O) groups is 1. The van der Waals surface area contributed by atoms with Gasteiger partial charge in [-0.05, 0) is 58.1 Å². The molecule has 0 N–H and O–H groups in total. The topological polar surface area (TPSA) is 97.4 Å². The average molecular weight is 485 g/mol. The minimum atomic E-state index is -0.652. The van der Waals surface area contributed by atoms with Crippen LogP contribution in [-0.4, -0.2) is 47.9 Å². The molecule has 0 unspecified atom stereocenters. The van der Waals surface area contributed by atoms with Crippen molar-refractivity contribution in [3.8, 4) is 17.3 Å². The average Bonchev–Trinajstić information content (AvgIpc) is 2.79. The molecule has 0 amide bonds. The Morgan fingerprint density at radius 3 is 2.57 bits per heavy atom. The standard InChI is InChI=1S/C26H33FN4O4/c1-26(2,3)35-24(33)14-18-8-11-30(12-9-18)25-29-22(16-23(32)31(25)10-5-13-34-4)19-6-7-20(17-28)21(27)15-19/h6-7,15-16,18H,5,8-14H2,1-4H3. The maximum Gasteiger partial charge on any atom is 0.306 e. The van der Waals surface area contributed by atoms with Crippen LogP contribution in [0.1, 0.15) is 52.0 Å². The van der Waals surface area contributed by atoms with Crippen molar-refractivity contribution in [2.24, 2.45) is 5.92 Å². The minimum Gasteiger partial charge on any atom is -0.460 e. The van der Waals surface area contributed by atoms with Crippen LogP contribution >= 0.6 is 0 Å². The van der Waals surface area contributed by atoms with E-state index in [2.05, 4.69) is 0 Å². The first-order valence-electron chi connectivity index (χ1n) is 11.9. The van der Waals surface area contributed by atoms with Gasteiger partial charge in [-0.1, -0.05) is 6.07 Å². The summed E-state index contributed by atoms with van der Waals surface area (Å²) in [6.07, 6.45) is 2.54. The second-order valence-electron chi connectivity index (χ2n) is 9.81. The molecule has 188 valence electrons. The van der Waals surface area contributed by atoms with Crippen molar-refractivity contribution in [1.29, 1.82) is 5.26 Å². The summed E-state index contributed by atoms with van der Waals surface area (Å²) in [4.78, 5) is 32.1. The normalized spacial score (nSPS) is 14.6. The highest BCUT2D eigenvalue weighted by Crippen LogP contribution is 2.27. The molecule has 8 nitrogen and oxygen atoms in total. The summed E-state index contributed by atoms with van der Waals surface area (Å²) in [6.45, 7) is 7.78. The summed E-state index contributed by atoms with van der Waals surface area (Å²) in [6, 6.07) is 7.41. The van der Waals surface area contributed by atoms with E-state index in [-0.39, 0.29) is 23.0 Å². The SMILES string of the molecule is COCCCn1c(N2CCC(CC(=O)OC(C)(C)C)CC2)nc(-c2ccc(C#N)c(F)c2)cc1=O. The van der Waals surface area contributed by atoms with Gasteiger partial charge in [-0.25, -0.2) is 9.37 Å². The largest absolute Gasteiger partial charge is 0.460 e. The number of hydrogen-bond donors (Lipinski definition) is 0. The van der Waals surface area contributed by atoms with Gasteiger partial charge in [0.2, 0.25) is 5.95 Å². The summed E-state index contributed by atoms with van der Waals surface area (Å²) >= 11 is 0. The molecule has 9 heteroatoms. The third kappa shape index (κ3) is 7.12. The van der Waals surface area contributed by atoms with Gasteiger partial charge in [0.15, 0.2) is 0 Å². The van der Waals surface area contributed by atoms with E-state index in [0.717, 1.165) is 12.8 Å². The summed E-state index contributed by atoms with van der Waals surface area (Å²) in [5.74, 6) is -0.134. The van der Waals surface area contributed by atoms with Gasteiger partial charge >= 0.3 is 5.97 Å². The molecule has 0 bridgehead atoms. The lowest BCUT2D eigenvalue weighted by Crippen LogP contribution is -2.39. The van der Waals surface area contributed by atoms with E-state index >= 15 is 0 Å². The molecule has 1 saturated heterocycles. The van der Waals surface area contributed by atoms with Crippen molar-refractivity contribution in [2.45, 2.75) is 58.6 Å². The number of rotatable bonds is 8. The number of carbonyl (C=O) groups excluding carboxylic acids is 1. The quantitative estimate of drug-likeness (QED) is 0.414. The first kappa shape index (κ1) is 26.4. The highest BCUT2D eigenvalue weighted by Gasteiger charge is 2.27. The number of methoxy groups -OCH3 is 1. The Hall–Kier alpha value is -3.25. The molecule has 1 aliphatic heterocycles. The van der Waals surface area contributed by atoms with E-state index in [9.17, 15) is 14.0 Å². The zero-order chi connectivity index (χ0) is 25.6. The van der Waals surface area contributed by atoms with Crippen LogP contribution < -0.4 is 10.5 Å². The Bertz CT molecular complexity index is 1140. The van der Waals surface area contributed by atoms with Crippen LogP contribution in [0.2, 0.25) is 0 Å². The molecule has 1 aromatic carbocycles. The number of nitriles is 1. The number of halogens is 1. The highest BCUT2D eigenvalue weighted by atomic mass is 19.1. The Balaban J connectivity index is 1.84. The molecule has 0 aliphatic carbocycles. The summed E-state index contributed by atoms with van der Waals surface area (Å²) < 4.78 is 26.5. The lowest BCUT2D eigenvalue weighted by molar-refractivity contribution is -0.156. The van der Waals surface area contributed by atoms with E-state index in [1.165, 1.54) is 18.2 Å². The second kappa shape index (κ2) is 11.5. The molecule has 2 heterocycles. The van der Waals surface area contributed by atoms with Crippen LogP contribution in [0.3, 0.4) is 0 Å². The van der Waals surface area contributed by atoms with Crippen LogP contribution in [0.25, 0.3) is 11.3 Å². The smallest absolute Gasteiger partial charge is 0.306 e. The Morgan fingerprint density at radius 2 is 1.97 bits per heavy atom. The Morgan fingerprint density at radius 1 is 1.26 bits per heavy atom. The van der Waals surface area contributed by atoms with E-state index in [4.69, 9.17) is 19.7 Å². The predicted molar refractivity (Wildman–Crippen MR) is 130 cm³/mol. The molecule has 0 atom stereocenters. The number of benzene rings is 1. The predicted octanol–water partition coefficient (Wildman–Crippen LogP) is 3.91. The lowest BCUT2D eigenvalue weighted by Gasteiger charge is -2.34. The minimum absolute atomic E-state index is 0.0612. The van der Waals surface area contributed by atoms with Crippen molar-refractivity contribution in [1.82, 2.24) is 9.55 Å². The molecule has 0 saturated carbocycles. The molecule has 35 heavy (non-hydrogen) atoms. The van der Waals surface area contributed by atoms with Crippen molar-refractivity contribution in [3.63, 3.8) is 0 Å². The van der Waals surface area contributed by atoms with Crippen LogP contribution in [0.15, 0.2) is 29.1 Å². The molecule has 1 aromatic heterocycles. The maximum absolute atomic E-state index is 14.2. The number of ether oxygens (including phenoxy) is 2. The fourth-order valence-electron chi connectivity index (χ4n) is 4.18. The first-order chi connectivity index (χ1) is 16.6. The number of aromatic nitrogens is 2. The van der Waals surface area contributed by atoms with Gasteiger partial charge in [-0.2, -0.15) is 5.26 Å². The molecule has 3 rings (SSSR count). The Labute approximate surface area is 205 Å². The molecule has 0 radical (unpaired) electrons. The molecular formula is C26H33FN4O4. The lowest BCUT2D eigenvalue weighted by atomic mass is 9.93. The molecule has 0 spiro atoms. The number of esters is 1. The monoisotopic (exact) mass is 484 g/mol. The molecule has 1 fully saturated rings.